The Bertz CT molecular complexity index is 722. The molecular weight excluding hydrogens is 402 g/mol. The first-order chi connectivity index (χ1) is 12.3. The van der Waals surface area contributed by atoms with Crippen LogP contribution in [-0.4, -0.2) is 34.7 Å². The molecule has 0 bridgehead atoms. The Morgan fingerprint density at radius 2 is 1.78 bits per heavy atom. The van der Waals surface area contributed by atoms with Gasteiger partial charge in [-0.25, -0.2) is 0 Å². The summed E-state index contributed by atoms with van der Waals surface area (Å²) >= 11 is 4.68. The van der Waals surface area contributed by atoms with Gasteiger partial charge in [0.05, 0.1) is 18.2 Å². The van der Waals surface area contributed by atoms with Crippen LogP contribution in [0, 0.1) is 5.92 Å². The molecule has 2 rings (SSSR count). The van der Waals surface area contributed by atoms with Crippen LogP contribution in [0.2, 0.25) is 0 Å². The number of thiocarbonyl (C=S) groups is 1. The summed E-state index contributed by atoms with van der Waals surface area (Å²) in [6.07, 6.45) is -9.98. The molecule has 0 saturated carbocycles. The quantitative estimate of drug-likeness (QED) is 0.400. The predicted molar refractivity (Wildman–Crippen MR) is 84.2 cm³/mol. The van der Waals surface area contributed by atoms with Crippen molar-refractivity contribution in [2.24, 2.45) is 5.92 Å². The van der Waals surface area contributed by atoms with Crippen LogP contribution < -0.4 is 10.6 Å². The van der Waals surface area contributed by atoms with E-state index in [9.17, 15) is 36.2 Å². The first kappa shape index (κ1) is 21.2. The van der Waals surface area contributed by atoms with E-state index in [0.29, 0.717) is 12.1 Å². The zero-order valence-corrected chi connectivity index (χ0v) is 14.4. The highest BCUT2D eigenvalue weighted by Gasteiger charge is 2.66. The molecule has 3 atom stereocenters. The molecule has 150 valence electrons. The van der Waals surface area contributed by atoms with Gasteiger partial charge in [-0.2, -0.15) is 26.3 Å². The van der Waals surface area contributed by atoms with Crippen molar-refractivity contribution in [1.82, 2.24) is 10.6 Å². The highest BCUT2D eigenvalue weighted by molar-refractivity contribution is 7.80. The number of ether oxygens (including phenoxy) is 1. The molecule has 0 radical (unpaired) electrons. The lowest BCUT2D eigenvalue weighted by molar-refractivity contribution is -0.292. The smallest absolute Gasteiger partial charge is 0.437 e. The number of nitrogens with one attached hydrogen (secondary N) is 2. The summed E-state index contributed by atoms with van der Waals surface area (Å²) in [4.78, 5) is 12.2. The maximum Gasteiger partial charge on any atom is 0.437 e. The molecule has 3 unspecified atom stereocenters. The molecule has 1 saturated heterocycles. The normalized spacial score (nSPS) is 26.1. The second-order valence-electron chi connectivity index (χ2n) is 5.69. The van der Waals surface area contributed by atoms with Crippen molar-refractivity contribution in [1.29, 1.82) is 0 Å². The van der Waals surface area contributed by atoms with Crippen molar-refractivity contribution in [2.45, 2.75) is 31.0 Å². The maximum atomic E-state index is 13.5. The van der Waals surface area contributed by atoms with Gasteiger partial charge in [-0.15, -0.1) is 0 Å². The van der Waals surface area contributed by atoms with E-state index in [2.05, 4.69) is 22.3 Å². The topological polar surface area (TPSA) is 70.6 Å². The Hall–Kier alpha value is -2.08. The third-order valence-electron chi connectivity index (χ3n) is 3.94. The van der Waals surface area contributed by atoms with Gasteiger partial charge in [0.2, 0.25) is 0 Å². The van der Waals surface area contributed by atoms with Crippen LogP contribution in [0.3, 0.4) is 0 Å². The Morgan fingerprint density at radius 1 is 1.22 bits per heavy atom. The standard InChI is InChI=1S/C15H14F6N2O3S/c1-2-26-11(24)9-10(7-3-5-8(6-4-7)14(16,17)18)22-12(27)23-13(9,25)15(19,20)21/h3-6,9-10,25H,2H2,1H3,(H2,22,23,27). The van der Waals surface area contributed by atoms with Gasteiger partial charge in [0, 0.05) is 0 Å². The predicted octanol–water partition coefficient (Wildman–Crippen LogP) is 2.65. The number of hydrogen-bond acceptors (Lipinski definition) is 4. The average molecular weight is 416 g/mol. The largest absolute Gasteiger partial charge is 0.466 e. The highest BCUT2D eigenvalue weighted by Crippen LogP contribution is 2.43. The van der Waals surface area contributed by atoms with Crippen molar-refractivity contribution >= 4 is 23.3 Å². The van der Waals surface area contributed by atoms with Gasteiger partial charge in [0.1, 0.15) is 5.92 Å². The van der Waals surface area contributed by atoms with E-state index >= 15 is 0 Å². The van der Waals surface area contributed by atoms with Crippen LogP contribution in [0.4, 0.5) is 26.3 Å². The number of rotatable bonds is 3. The molecule has 3 N–H and O–H groups in total. The van der Waals surface area contributed by atoms with E-state index < -0.39 is 46.7 Å². The van der Waals surface area contributed by atoms with Crippen molar-refractivity contribution in [2.75, 3.05) is 6.61 Å². The van der Waals surface area contributed by atoms with Crippen molar-refractivity contribution in [3.8, 4) is 0 Å². The van der Waals surface area contributed by atoms with E-state index in [1.165, 1.54) is 6.92 Å². The van der Waals surface area contributed by atoms with Crippen LogP contribution in [0.15, 0.2) is 24.3 Å². The van der Waals surface area contributed by atoms with E-state index in [4.69, 9.17) is 0 Å². The Morgan fingerprint density at radius 3 is 2.22 bits per heavy atom. The minimum atomic E-state index is -5.33. The Balaban J connectivity index is 2.53. The first-order valence-electron chi connectivity index (χ1n) is 7.53. The molecule has 1 aromatic rings. The number of hydrogen-bond donors (Lipinski definition) is 3. The molecule has 0 aromatic heterocycles. The lowest BCUT2D eigenvalue weighted by Gasteiger charge is -2.45. The molecule has 12 heteroatoms. The third kappa shape index (κ3) is 4.10. The number of carbonyl (C=O) groups excluding carboxylic acids is 1. The van der Waals surface area contributed by atoms with E-state index in [1.54, 1.807) is 5.32 Å². The molecule has 0 aliphatic carbocycles. The van der Waals surface area contributed by atoms with Gasteiger partial charge in [-0.1, -0.05) is 12.1 Å². The van der Waals surface area contributed by atoms with E-state index in [-0.39, 0.29) is 12.2 Å². The molecule has 1 aliphatic rings. The summed E-state index contributed by atoms with van der Waals surface area (Å²) in [5.41, 5.74) is -4.91. The fraction of sp³-hybridized carbons (Fsp3) is 0.467. The molecular formula is C15H14F6N2O3S. The van der Waals surface area contributed by atoms with Crippen LogP contribution in [0.25, 0.3) is 0 Å². The van der Waals surface area contributed by atoms with Gasteiger partial charge in [-0.05, 0) is 36.8 Å². The van der Waals surface area contributed by atoms with Crippen LogP contribution in [0.1, 0.15) is 24.1 Å². The second kappa shape index (κ2) is 7.15. The molecule has 0 amide bonds. The molecule has 27 heavy (non-hydrogen) atoms. The van der Waals surface area contributed by atoms with Gasteiger partial charge >= 0.3 is 18.3 Å². The van der Waals surface area contributed by atoms with Crippen molar-refractivity contribution < 1.29 is 41.0 Å². The lowest BCUT2D eigenvalue weighted by atomic mass is 9.82. The molecule has 5 nitrogen and oxygen atoms in total. The van der Waals surface area contributed by atoms with Crippen LogP contribution in [-0.2, 0) is 15.7 Å². The number of esters is 1. The SMILES string of the molecule is CCOC(=O)C1C(c2ccc(C(F)(F)F)cc2)NC(=S)NC1(O)C(F)(F)F. The monoisotopic (exact) mass is 416 g/mol. The number of benzene rings is 1. The average Bonchev–Trinajstić information content (AvgIpc) is 2.52. The number of aliphatic hydroxyl groups is 1. The number of alkyl halides is 6. The molecule has 1 aliphatic heterocycles. The van der Waals surface area contributed by atoms with Gasteiger partial charge in [0.25, 0.3) is 5.72 Å². The Labute approximate surface area is 154 Å². The molecule has 0 spiro atoms. The van der Waals surface area contributed by atoms with Gasteiger partial charge < -0.3 is 20.5 Å². The second-order valence-corrected chi connectivity index (χ2v) is 6.10. The highest BCUT2D eigenvalue weighted by atomic mass is 32.1. The lowest BCUT2D eigenvalue weighted by Crippen LogP contribution is -2.73. The van der Waals surface area contributed by atoms with E-state index in [1.807, 2.05) is 0 Å². The molecule has 1 aromatic carbocycles. The van der Waals surface area contributed by atoms with Crippen molar-refractivity contribution in [3.63, 3.8) is 0 Å². The third-order valence-corrected chi connectivity index (χ3v) is 4.16. The summed E-state index contributed by atoms with van der Waals surface area (Å²) in [7, 11) is 0. The molecule has 1 fully saturated rings. The zero-order valence-electron chi connectivity index (χ0n) is 13.6. The Kier molecular flexibility index (Phi) is 5.62. The summed E-state index contributed by atoms with van der Waals surface area (Å²) in [5.74, 6) is -3.66. The minimum Gasteiger partial charge on any atom is -0.466 e. The minimum absolute atomic E-state index is 0.118. The maximum absolute atomic E-state index is 13.5. The van der Waals surface area contributed by atoms with E-state index in [0.717, 1.165) is 12.1 Å². The summed E-state index contributed by atoms with van der Waals surface area (Å²) < 4.78 is 83.2. The summed E-state index contributed by atoms with van der Waals surface area (Å²) in [6.45, 7) is 1.08. The first-order valence-corrected chi connectivity index (χ1v) is 7.93. The number of halogens is 6. The van der Waals surface area contributed by atoms with Gasteiger partial charge in [0.15, 0.2) is 5.11 Å². The van der Waals surface area contributed by atoms with Crippen LogP contribution >= 0.6 is 12.2 Å². The fourth-order valence-electron chi connectivity index (χ4n) is 2.69. The number of carbonyl (C=O) groups is 1. The van der Waals surface area contributed by atoms with Crippen LogP contribution in [0.5, 0.6) is 0 Å². The fourth-order valence-corrected chi connectivity index (χ4v) is 2.98. The summed E-state index contributed by atoms with van der Waals surface area (Å²) in [5, 5.41) is 13.6. The van der Waals surface area contributed by atoms with Crippen molar-refractivity contribution in [3.05, 3.63) is 35.4 Å². The molecule has 1 heterocycles. The zero-order chi connectivity index (χ0) is 20.6. The summed E-state index contributed by atoms with van der Waals surface area (Å²) in [6, 6.07) is 1.52. The van der Waals surface area contributed by atoms with Gasteiger partial charge in [-0.3, -0.25) is 4.79 Å².